The number of fused-ring (bicyclic) bond motifs is 1. The number of nitriles is 1. The van der Waals surface area contributed by atoms with E-state index in [0.717, 1.165) is 33.5 Å². The van der Waals surface area contributed by atoms with Crippen molar-refractivity contribution in [2.75, 3.05) is 13.7 Å². The monoisotopic (exact) mass is 524 g/mol. The van der Waals surface area contributed by atoms with Crippen LogP contribution in [0.2, 0.25) is 0 Å². The maximum absolute atomic E-state index is 13.5. The molecule has 3 aromatic rings. The van der Waals surface area contributed by atoms with Crippen molar-refractivity contribution in [1.82, 2.24) is 10.6 Å². The number of hydrogen-bond acceptors (Lipinski definition) is 6. The van der Waals surface area contributed by atoms with Crippen molar-refractivity contribution in [3.05, 3.63) is 88.5 Å². The van der Waals surface area contributed by atoms with Crippen LogP contribution in [-0.2, 0) is 11.3 Å². The lowest BCUT2D eigenvalue weighted by Crippen LogP contribution is -2.40. The molecule has 0 radical (unpaired) electrons. The molecule has 1 atom stereocenters. The fraction of sp³-hybridized carbons (Fsp3) is 0.290. The van der Waals surface area contributed by atoms with Gasteiger partial charge >= 0.3 is 6.09 Å². The molecular formula is C31H32N4O4. The van der Waals surface area contributed by atoms with E-state index in [0.29, 0.717) is 23.4 Å². The first-order valence-electron chi connectivity index (χ1n) is 12.7. The maximum atomic E-state index is 13.5. The van der Waals surface area contributed by atoms with Crippen LogP contribution in [0.1, 0.15) is 66.3 Å². The molecule has 8 nitrogen and oxygen atoms in total. The van der Waals surface area contributed by atoms with Crippen molar-refractivity contribution in [2.45, 2.75) is 45.9 Å². The topological polar surface area (TPSA) is 113 Å². The van der Waals surface area contributed by atoms with Crippen molar-refractivity contribution in [1.29, 1.82) is 5.26 Å². The van der Waals surface area contributed by atoms with Crippen molar-refractivity contribution < 1.29 is 19.1 Å². The zero-order chi connectivity index (χ0) is 28.2. The molecule has 1 aliphatic heterocycles. The number of nitrogens with zero attached hydrogens (tertiary/aromatic N) is 2. The summed E-state index contributed by atoms with van der Waals surface area (Å²) < 4.78 is 10.7. The Bertz CT molecular complexity index is 1480. The van der Waals surface area contributed by atoms with E-state index in [1.807, 2.05) is 37.3 Å². The lowest BCUT2D eigenvalue weighted by atomic mass is 9.95. The minimum atomic E-state index is -0.658. The summed E-state index contributed by atoms with van der Waals surface area (Å²) in [6.45, 7) is 8.07. The van der Waals surface area contributed by atoms with Crippen LogP contribution in [0.3, 0.4) is 0 Å². The van der Waals surface area contributed by atoms with E-state index < -0.39 is 17.7 Å². The zero-order valence-electron chi connectivity index (χ0n) is 22.8. The first-order valence-corrected chi connectivity index (χ1v) is 12.7. The Balaban J connectivity index is 1.62. The van der Waals surface area contributed by atoms with Crippen molar-refractivity contribution in [2.24, 2.45) is 4.99 Å². The first-order chi connectivity index (χ1) is 18.6. The summed E-state index contributed by atoms with van der Waals surface area (Å²) >= 11 is 0. The van der Waals surface area contributed by atoms with Crippen molar-refractivity contribution in [3.8, 4) is 22.9 Å². The van der Waals surface area contributed by atoms with Gasteiger partial charge < -0.3 is 20.1 Å². The Morgan fingerprint density at radius 3 is 2.59 bits per heavy atom. The first kappa shape index (κ1) is 27.4. The van der Waals surface area contributed by atoms with Gasteiger partial charge in [-0.2, -0.15) is 5.26 Å². The Kier molecular flexibility index (Phi) is 8.01. The average molecular weight is 525 g/mol. The largest absolute Gasteiger partial charge is 0.497 e. The van der Waals surface area contributed by atoms with Gasteiger partial charge in [0.2, 0.25) is 0 Å². The van der Waals surface area contributed by atoms with Crippen LogP contribution >= 0.6 is 0 Å². The fourth-order valence-electron chi connectivity index (χ4n) is 4.36. The third-order valence-electron chi connectivity index (χ3n) is 6.29. The number of hydrogen-bond donors (Lipinski definition) is 2. The van der Waals surface area contributed by atoms with Gasteiger partial charge in [-0.3, -0.25) is 9.79 Å². The molecule has 39 heavy (non-hydrogen) atoms. The van der Waals surface area contributed by atoms with Gasteiger partial charge in [0.25, 0.3) is 5.91 Å². The van der Waals surface area contributed by atoms with E-state index in [2.05, 4.69) is 21.7 Å². The molecule has 1 heterocycles. The summed E-state index contributed by atoms with van der Waals surface area (Å²) in [5, 5.41) is 15.4. The molecule has 8 heteroatoms. The Hall–Kier alpha value is -4.64. The highest BCUT2D eigenvalue weighted by atomic mass is 16.6. The van der Waals surface area contributed by atoms with Crippen LogP contribution in [0.25, 0.3) is 11.1 Å². The molecule has 3 aromatic carbocycles. The molecule has 1 aliphatic rings. The Morgan fingerprint density at radius 1 is 1.08 bits per heavy atom. The van der Waals surface area contributed by atoms with Crippen molar-refractivity contribution >= 4 is 17.7 Å². The summed E-state index contributed by atoms with van der Waals surface area (Å²) in [6.07, 6.45) is -0.589. The summed E-state index contributed by atoms with van der Waals surface area (Å²) in [7, 11) is 1.56. The predicted molar refractivity (Wildman–Crippen MR) is 150 cm³/mol. The van der Waals surface area contributed by atoms with Gasteiger partial charge in [-0.25, -0.2) is 4.79 Å². The van der Waals surface area contributed by atoms with E-state index in [1.165, 1.54) is 0 Å². The van der Waals surface area contributed by atoms with Crippen LogP contribution < -0.4 is 15.4 Å². The minimum absolute atomic E-state index is 0.0854. The van der Waals surface area contributed by atoms with Crippen LogP contribution in [-0.4, -0.2) is 37.0 Å². The van der Waals surface area contributed by atoms with Gasteiger partial charge in [0.05, 0.1) is 31.3 Å². The van der Waals surface area contributed by atoms with E-state index >= 15 is 0 Å². The van der Waals surface area contributed by atoms with Crippen LogP contribution in [0, 0.1) is 11.3 Å². The van der Waals surface area contributed by atoms with Crippen molar-refractivity contribution in [3.63, 3.8) is 0 Å². The number of methoxy groups -OCH3 is 1. The average Bonchev–Trinajstić information content (AvgIpc) is 3.29. The number of carbonyl (C=O) groups is 2. The van der Waals surface area contributed by atoms with Gasteiger partial charge in [0.15, 0.2) is 0 Å². The highest BCUT2D eigenvalue weighted by molar-refractivity contribution is 6.03. The summed E-state index contributed by atoms with van der Waals surface area (Å²) in [5.74, 6) is 0.235. The van der Waals surface area contributed by atoms with Crippen LogP contribution in [0.5, 0.6) is 5.75 Å². The molecule has 0 saturated heterocycles. The predicted octanol–water partition coefficient (Wildman–Crippen LogP) is 5.55. The number of carbonyl (C=O) groups excluding carboxylic acids is 2. The number of aliphatic imine (C=N–C) groups is 1. The standard InChI is InChI=1S/C31H32N4O4/c1-19-27-15-21(9-10-23(27)17-33-19)24-11-20(16-32)12-25(13-24)29(36)35-28(18-34-30(37)39-31(2,3)4)22-7-6-8-26(14-22)38-5/h6-15,28H,17-18H2,1-5H3,(H,34,37)(H,35,36). The van der Waals surface area contributed by atoms with Crippen LogP contribution in [0.15, 0.2) is 65.7 Å². The number of alkyl carbamates (subject to hydrolysis) is 1. The third-order valence-corrected chi connectivity index (χ3v) is 6.29. The molecule has 1 unspecified atom stereocenters. The maximum Gasteiger partial charge on any atom is 0.407 e. The van der Waals surface area contributed by atoms with E-state index in [-0.39, 0.29) is 12.5 Å². The quantitative estimate of drug-likeness (QED) is 0.421. The number of ether oxygens (including phenoxy) is 2. The lowest BCUT2D eigenvalue weighted by Gasteiger charge is -2.23. The summed E-state index contributed by atoms with van der Waals surface area (Å²) in [4.78, 5) is 30.4. The Labute approximate surface area is 228 Å². The number of benzene rings is 3. The third kappa shape index (κ3) is 6.82. The fourth-order valence-corrected chi connectivity index (χ4v) is 4.36. The highest BCUT2D eigenvalue weighted by Gasteiger charge is 2.22. The smallest absolute Gasteiger partial charge is 0.407 e. The van der Waals surface area contributed by atoms with Gasteiger partial charge in [-0.15, -0.1) is 0 Å². The van der Waals surface area contributed by atoms with Gasteiger partial charge in [-0.1, -0.05) is 24.3 Å². The SMILES string of the molecule is COc1cccc(C(CNC(=O)OC(C)(C)C)NC(=O)c2cc(C#N)cc(-c3ccc4c(c3)C(C)=NC4)c2)c1. The number of nitrogens with one attached hydrogen (secondary N) is 2. The molecule has 0 spiro atoms. The molecule has 2 amide bonds. The molecule has 0 bridgehead atoms. The molecule has 2 N–H and O–H groups in total. The molecule has 0 aliphatic carbocycles. The molecule has 4 rings (SSSR count). The normalized spacial score (nSPS) is 13.0. The molecule has 200 valence electrons. The number of rotatable bonds is 7. The lowest BCUT2D eigenvalue weighted by molar-refractivity contribution is 0.0520. The second kappa shape index (κ2) is 11.4. The van der Waals surface area contributed by atoms with E-state index in [1.54, 1.807) is 58.2 Å². The number of amides is 2. The van der Waals surface area contributed by atoms with E-state index in [4.69, 9.17) is 9.47 Å². The van der Waals surface area contributed by atoms with Crippen LogP contribution in [0.4, 0.5) is 4.79 Å². The molecule has 0 saturated carbocycles. The van der Waals surface area contributed by atoms with Gasteiger partial charge in [0, 0.05) is 23.4 Å². The molecule has 0 aromatic heterocycles. The second-order valence-corrected chi connectivity index (χ2v) is 10.4. The summed E-state index contributed by atoms with van der Waals surface area (Å²) in [6, 6.07) is 20.0. The highest BCUT2D eigenvalue weighted by Crippen LogP contribution is 2.28. The van der Waals surface area contributed by atoms with Gasteiger partial charge in [0.1, 0.15) is 11.4 Å². The Morgan fingerprint density at radius 2 is 1.87 bits per heavy atom. The summed E-state index contributed by atoms with van der Waals surface area (Å²) in [5.41, 5.74) is 5.64. The zero-order valence-corrected chi connectivity index (χ0v) is 22.8. The minimum Gasteiger partial charge on any atom is -0.497 e. The van der Waals surface area contributed by atoms with Gasteiger partial charge in [-0.05, 0) is 86.3 Å². The van der Waals surface area contributed by atoms with E-state index in [9.17, 15) is 14.9 Å². The second-order valence-electron chi connectivity index (χ2n) is 10.4. The molecule has 0 fully saturated rings. The molecular weight excluding hydrogens is 492 g/mol.